The minimum absolute atomic E-state index is 0.0724. The van der Waals surface area contributed by atoms with Crippen molar-refractivity contribution in [2.75, 3.05) is 19.8 Å². The van der Waals surface area contributed by atoms with Crippen LogP contribution in [0.3, 0.4) is 0 Å². The van der Waals surface area contributed by atoms with Gasteiger partial charge in [0.1, 0.15) is 0 Å². The number of rotatable bonds is 7. The van der Waals surface area contributed by atoms with E-state index in [0.717, 1.165) is 17.2 Å². The van der Waals surface area contributed by atoms with Gasteiger partial charge in [-0.2, -0.15) is 0 Å². The molecule has 2 N–H and O–H groups in total. The summed E-state index contributed by atoms with van der Waals surface area (Å²) in [5.74, 6) is -1.72. The molecule has 0 aliphatic carbocycles. The third-order valence-electron chi connectivity index (χ3n) is 5.97. The number of hydrogen-bond donors (Lipinski definition) is 2. The fraction of sp³-hybridized carbons (Fsp3) is 0.458. The molecule has 0 radical (unpaired) electrons. The number of benzene rings is 2. The van der Waals surface area contributed by atoms with Crippen LogP contribution in [0.1, 0.15) is 32.3 Å². The third-order valence-corrected chi connectivity index (χ3v) is 5.97. The van der Waals surface area contributed by atoms with E-state index in [4.69, 9.17) is 4.74 Å². The van der Waals surface area contributed by atoms with E-state index in [1.54, 1.807) is 6.07 Å². The van der Waals surface area contributed by atoms with Gasteiger partial charge in [-0.05, 0) is 54.0 Å². The SMILES string of the molecule is CC(C)[C@H](CO)NC(=O)C1(Cc2cccc(-c3ccc(F)c(F)c3)c2)CCOCC1. The molecule has 162 valence electrons. The first-order chi connectivity index (χ1) is 14.3. The Hall–Kier alpha value is -2.31. The Labute approximate surface area is 176 Å². The first-order valence-electron chi connectivity index (χ1n) is 10.4. The smallest absolute Gasteiger partial charge is 0.227 e. The summed E-state index contributed by atoms with van der Waals surface area (Å²) in [7, 11) is 0. The van der Waals surface area contributed by atoms with Crippen LogP contribution in [0.4, 0.5) is 8.78 Å². The quantitative estimate of drug-likeness (QED) is 0.713. The van der Waals surface area contributed by atoms with Crippen LogP contribution in [-0.4, -0.2) is 36.9 Å². The zero-order valence-corrected chi connectivity index (χ0v) is 17.5. The molecule has 6 heteroatoms. The zero-order valence-electron chi connectivity index (χ0n) is 17.5. The maximum Gasteiger partial charge on any atom is 0.227 e. The summed E-state index contributed by atoms with van der Waals surface area (Å²) in [6, 6.07) is 11.1. The fourth-order valence-corrected chi connectivity index (χ4v) is 3.92. The number of halogens is 2. The first-order valence-corrected chi connectivity index (χ1v) is 10.4. The number of aliphatic hydroxyl groups is 1. The number of amides is 1. The molecule has 1 amide bonds. The van der Waals surface area contributed by atoms with Gasteiger partial charge in [-0.15, -0.1) is 0 Å². The molecular formula is C24H29F2NO3. The van der Waals surface area contributed by atoms with Gasteiger partial charge in [0.15, 0.2) is 11.6 Å². The Bertz CT molecular complexity index is 879. The summed E-state index contributed by atoms with van der Waals surface area (Å²) in [6.07, 6.45) is 1.69. The second-order valence-electron chi connectivity index (χ2n) is 8.41. The molecule has 1 aliphatic rings. The molecule has 2 aromatic carbocycles. The Morgan fingerprint density at radius 2 is 1.80 bits per heavy atom. The fourth-order valence-electron chi connectivity index (χ4n) is 3.92. The molecule has 1 heterocycles. The maximum absolute atomic E-state index is 13.7. The van der Waals surface area contributed by atoms with Gasteiger partial charge in [-0.1, -0.05) is 44.2 Å². The van der Waals surface area contributed by atoms with E-state index in [1.165, 1.54) is 6.07 Å². The molecule has 0 saturated carbocycles. The lowest BCUT2D eigenvalue weighted by Gasteiger charge is -2.37. The van der Waals surface area contributed by atoms with Crippen LogP contribution < -0.4 is 5.32 Å². The maximum atomic E-state index is 13.7. The number of aliphatic hydroxyl groups excluding tert-OH is 1. The van der Waals surface area contributed by atoms with Crippen LogP contribution in [0.5, 0.6) is 0 Å². The molecule has 1 aliphatic heterocycles. The van der Waals surface area contributed by atoms with Crippen molar-refractivity contribution in [1.82, 2.24) is 5.32 Å². The normalized spacial score (nSPS) is 17.0. The van der Waals surface area contributed by atoms with Gasteiger partial charge in [-0.25, -0.2) is 8.78 Å². The topological polar surface area (TPSA) is 58.6 Å². The van der Waals surface area contributed by atoms with Crippen molar-refractivity contribution in [1.29, 1.82) is 0 Å². The van der Waals surface area contributed by atoms with Crippen molar-refractivity contribution in [2.45, 2.75) is 39.2 Å². The molecule has 2 aromatic rings. The van der Waals surface area contributed by atoms with E-state index in [1.807, 2.05) is 38.1 Å². The monoisotopic (exact) mass is 417 g/mol. The summed E-state index contributed by atoms with van der Waals surface area (Å²) in [6.45, 7) is 4.82. The second kappa shape index (κ2) is 9.67. The van der Waals surface area contributed by atoms with Crippen molar-refractivity contribution in [2.24, 2.45) is 11.3 Å². The number of carbonyl (C=O) groups excluding carboxylic acids is 1. The standard InChI is InChI=1S/C24H29F2NO3/c1-16(2)22(15-28)27-23(29)24(8-10-30-11-9-24)14-17-4-3-5-18(12-17)19-6-7-20(25)21(26)13-19/h3-7,12-13,16,22,28H,8-11,14-15H2,1-2H3,(H,27,29)/t22-/m0/s1. The molecule has 0 spiro atoms. The van der Waals surface area contributed by atoms with Crippen LogP contribution in [0.2, 0.25) is 0 Å². The van der Waals surface area contributed by atoms with Gasteiger partial charge < -0.3 is 15.2 Å². The molecule has 1 saturated heterocycles. The molecule has 0 bridgehead atoms. The summed E-state index contributed by atoms with van der Waals surface area (Å²) < 4.78 is 32.4. The van der Waals surface area contributed by atoms with Crippen molar-refractivity contribution < 1.29 is 23.4 Å². The Morgan fingerprint density at radius 1 is 1.10 bits per heavy atom. The number of nitrogens with one attached hydrogen (secondary N) is 1. The van der Waals surface area contributed by atoms with Crippen molar-refractivity contribution in [3.63, 3.8) is 0 Å². The minimum atomic E-state index is -0.887. The van der Waals surface area contributed by atoms with Crippen molar-refractivity contribution >= 4 is 5.91 Å². The summed E-state index contributed by atoms with van der Waals surface area (Å²) >= 11 is 0. The van der Waals surface area contributed by atoms with Crippen molar-refractivity contribution in [3.05, 3.63) is 59.7 Å². The van der Waals surface area contributed by atoms with E-state index in [9.17, 15) is 18.7 Å². The molecule has 1 atom stereocenters. The average molecular weight is 417 g/mol. The Kier molecular flexibility index (Phi) is 7.21. The van der Waals surface area contributed by atoms with E-state index in [-0.39, 0.29) is 24.5 Å². The number of ether oxygens (including phenoxy) is 1. The predicted molar refractivity (Wildman–Crippen MR) is 112 cm³/mol. The lowest BCUT2D eigenvalue weighted by molar-refractivity contribution is -0.138. The molecule has 3 rings (SSSR count). The highest BCUT2D eigenvalue weighted by molar-refractivity contribution is 5.83. The van der Waals surface area contributed by atoms with Gasteiger partial charge in [0, 0.05) is 13.2 Å². The Morgan fingerprint density at radius 3 is 2.43 bits per heavy atom. The van der Waals surface area contributed by atoms with Crippen LogP contribution in [-0.2, 0) is 16.0 Å². The number of carbonyl (C=O) groups is 1. The van der Waals surface area contributed by atoms with E-state index in [2.05, 4.69) is 5.32 Å². The highest BCUT2D eigenvalue weighted by Crippen LogP contribution is 2.36. The average Bonchev–Trinajstić information content (AvgIpc) is 2.74. The van der Waals surface area contributed by atoms with Crippen LogP contribution in [0.25, 0.3) is 11.1 Å². The molecule has 30 heavy (non-hydrogen) atoms. The molecule has 4 nitrogen and oxygen atoms in total. The molecule has 0 unspecified atom stereocenters. The third kappa shape index (κ3) is 5.05. The van der Waals surface area contributed by atoms with Gasteiger partial charge in [0.2, 0.25) is 5.91 Å². The summed E-state index contributed by atoms with van der Waals surface area (Å²) in [4.78, 5) is 13.3. The summed E-state index contributed by atoms with van der Waals surface area (Å²) in [5.41, 5.74) is 1.66. The highest BCUT2D eigenvalue weighted by Gasteiger charge is 2.41. The number of hydrogen-bond acceptors (Lipinski definition) is 3. The van der Waals surface area contributed by atoms with Crippen LogP contribution in [0.15, 0.2) is 42.5 Å². The van der Waals surface area contributed by atoms with E-state index in [0.29, 0.717) is 38.0 Å². The highest BCUT2D eigenvalue weighted by atomic mass is 19.2. The second-order valence-corrected chi connectivity index (χ2v) is 8.41. The lowest BCUT2D eigenvalue weighted by atomic mass is 9.74. The van der Waals surface area contributed by atoms with Gasteiger partial charge in [-0.3, -0.25) is 4.79 Å². The van der Waals surface area contributed by atoms with Crippen LogP contribution in [0, 0.1) is 23.0 Å². The van der Waals surface area contributed by atoms with Gasteiger partial charge >= 0.3 is 0 Å². The Balaban J connectivity index is 1.86. The van der Waals surface area contributed by atoms with Gasteiger partial charge in [0.05, 0.1) is 18.1 Å². The van der Waals surface area contributed by atoms with E-state index >= 15 is 0 Å². The predicted octanol–water partition coefficient (Wildman–Crippen LogP) is 4.10. The molecule has 0 aromatic heterocycles. The molecular weight excluding hydrogens is 388 g/mol. The largest absolute Gasteiger partial charge is 0.394 e. The summed E-state index contributed by atoms with van der Waals surface area (Å²) in [5, 5.41) is 12.6. The minimum Gasteiger partial charge on any atom is -0.394 e. The van der Waals surface area contributed by atoms with Crippen LogP contribution >= 0.6 is 0 Å². The van der Waals surface area contributed by atoms with Crippen molar-refractivity contribution in [3.8, 4) is 11.1 Å². The first kappa shape index (κ1) is 22.4. The lowest BCUT2D eigenvalue weighted by Crippen LogP contribution is -2.51. The zero-order chi connectivity index (χ0) is 21.7. The van der Waals surface area contributed by atoms with E-state index < -0.39 is 17.0 Å². The molecule has 1 fully saturated rings. The van der Waals surface area contributed by atoms with Gasteiger partial charge in [0.25, 0.3) is 0 Å².